The largest absolute Gasteiger partial charge is 0.372 e. The van der Waals surface area contributed by atoms with Crippen LogP contribution in [0.1, 0.15) is 5.69 Å². The lowest BCUT2D eigenvalue weighted by Crippen LogP contribution is -2.20. The fraction of sp³-hybridized carbons (Fsp3) is 0.429. The molecule has 0 unspecified atom stereocenters. The highest BCUT2D eigenvalue weighted by molar-refractivity contribution is 5.85. The van der Waals surface area contributed by atoms with Gasteiger partial charge in [-0.25, -0.2) is 4.98 Å². The third-order valence-corrected chi connectivity index (χ3v) is 1.66. The van der Waals surface area contributed by atoms with E-state index < -0.39 is 0 Å². The maximum absolute atomic E-state index is 4.27. The van der Waals surface area contributed by atoms with Gasteiger partial charge in [-0.1, -0.05) is 0 Å². The van der Waals surface area contributed by atoms with Crippen molar-refractivity contribution in [3.8, 4) is 0 Å². The number of hydrogen-bond donors (Lipinski definition) is 2. The summed E-state index contributed by atoms with van der Waals surface area (Å²) in [7, 11) is 0. The normalized spacial score (nSPS) is 16.2. The summed E-state index contributed by atoms with van der Waals surface area (Å²) in [6.07, 6.45) is 4.35. The highest BCUT2D eigenvalue weighted by Gasteiger charge is 2.05. The van der Waals surface area contributed by atoms with E-state index in [1.54, 1.807) is 6.33 Å². The summed E-state index contributed by atoms with van der Waals surface area (Å²) in [6.45, 7) is 1.88. The number of nitrogens with one attached hydrogen (secondary N) is 2. The van der Waals surface area contributed by atoms with Crippen molar-refractivity contribution in [2.45, 2.75) is 6.42 Å². The standard InChI is InChI=1S/C7H10N4/c1-2-10-7(9-1)3-6-4-8-5-11-6/h4-5H,1-3H2,(H,8,11)(H,9,10). The lowest BCUT2D eigenvalue weighted by Gasteiger charge is -1.97. The Balaban J connectivity index is 2.00. The summed E-state index contributed by atoms with van der Waals surface area (Å²) in [6, 6.07) is 0. The lowest BCUT2D eigenvalue weighted by molar-refractivity contribution is 0.951. The number of nitrogens with zero attached hydrogens (tertiary/aromatic N) is 2. The first-order chi connectivity index (χ1) is 5.45. The van der Waals surface area contributed by atoms with Crippen LogP contribution < -0.4 is 5.32 Å². The molecule has 0 saturated heterocycles. The fourth-order valence-electron chi connectivity index (χ4n) is 1.13. The third kappa shape index (κ3) is 1.39. The van der Waals surface area contributed by atoms with Crippen LogP contribution in [-0.2, 0) is 6.42 Å². The number of aromatic amines is 1. The van der Waals surface area contributed by atoms with Gasteiger partial charge in [0.15, 0.2) is 0 Å². The molecule has 0 aromatic carbocycles. The molecule has 1 aromatic rings. The molecule has 0 aliphatic carbocycles. The molecule has 2 heterocycles. The Hall–Kier alpha value is -1.32. The summed E-state index contributed by atoms with van der Waals surface area (Å²) in [5.41, 5.74) is 1.11. The second-order valence-corrected chi connectivity index (χ2v) is 2.51. The molecule has 4 nitrogen and oxygen atoms in total. The van der Waals surface area contributed by atoms with Crippen LogP contribution in [-0.4, -0.2) is 28.9 Å². The van der Waals surface area contributed by atoms with Crippen molar-refractivity contribution in [2.24, 2.45) is 4.99 Å². The van der Waals surface area contributed by atoms with E-state index in [0.717, 1.165) is 31.0 Å². The average Bonchev–Trinajstić information content (AvgIpc) is 2.60. The van der Waals surface area contributed by atoms with Crippen LogP contribution in [0.5, 0.6) is 0 Å². The van der Waals surface area contributed by atoms with Gasteiger partial charge in [0.1, 0.15) is 5.84 Å². The summed E-state index contributed by atoms with van der Waals surface area (Å²) >= 11 is 0. The monoisotopic (exact) mass is 150 g/mol. The van der Waals surface area contributed by atoms with Gasteiger partial charge in [-0.2, -0.15) is 0 Å². The predicted octanol–water partition coefficient (Wildman–Crippen LogP) is -0.0461. The molecule has 0 fully saturated rings. The van der Waals surface area contributed by atoms with Gasteiger partial charge in [0.05, 0.1) is 12.9 Å². The van der Waals surface area contributed by atoms with Crippen LogP contribution >= 0.6 is 0 Å². The maximum Gasteiger partial charge on any atom is 0.102 e. The van der Waals surface area contributed by atoms with Crippen LogP contribution in [0.4, 0.5) is 0 Å². The van der Waals surface area contributed by atoms with Crippen molar-refractivity contribution in [3.05, 3.63) is 18.2 Å². The number of amidine groups is 1. The Labute approximate surface area is 64.8 Å². The zero-order chi connectivity index (χ0) is 7.52. The molecule has 11 heavy (non-hydrogen) atoms. The molecule has 0 radical (unpaired) electrons. The van der Waals surface area contributed by atoms with Crippen LogP contribution in [0.3, 0.4) is 0 Å². The molecule has 1 aromatic heterocycles. The van der Waals surface area contributed by atoms with Crippen molar-refractivity contribution in [1.29, 1.82) is 0 Å². The zero-order valence-electron chi connectivity index (χ0n) is 6.17. The van der Waals surface area contributed by atoms with Crippen molar-refractivity contribution >= 4 is 5.84 Å². The van der Waals surface area contributed by atoms with Crippen molar-refractivity contribution in [1.82, 2.24) is 15.3 Å². The quantitative estimate of drug-likeness (QED) is 0.621. The van der Waals surface area contributed by atoms with Crippen molar-refractivity contribution in [3.63, 3.8) is 0 Å². The van der Waals surface area contributed by atoms with Gasteiger partial charge in [-0.05, 0) is 0 Å². The minimum Gasteiger partial charge on any atom is -0.372 e. The molecule has 58 valence electrons. The summed E-state index contributed by atoms with van der Waals surface area (Å²) in [4.78, 5) is 11.2. The van der Waals surface area contributed by atoms with Gasteiger partial charge in [0.25, 0.3) is 0 Å². The molecule has 1 aliphatic rings. The third-order valence-electron chi connectivity index (χ3n) is 1.66. The Morgan fingerprint density at radius 3 is 3.18 bits per heavy atom. The molecule has 2 rings (SSSR count). The Morgan fingerprint density at radius 2 is 2.55 bits per heavy atom. The van der Waals surface area contributed by atoms with Crippen LogP contribution in [0.15, 0.2) is 17.5 Å². The second-order valence-electron chi connectivity index (χ2n) is 2.51. The predicted molar refractivity (Wildman–Crippen MR) is 42.6 cm³/mol. The summed E-state index contributed by atoms with van der Waals surface area (Å²) < 4.78 is 0. The first kappa shape index (κ1) is 6.39. The van der Waals surface area contributed by atoms with Crippen LogP contribution in [0.2, 0.25) is 0 Å². The molecule has 2 N–H and O–H groups in total. The van der Waals surface area contributed by atoms with E-state index in [-0.39, 0.29) is 0 Å². The summed E-state index contributed by atoms with van der Waals surface area (Å²) in [5.74, 6) is 1.06. The van der Waals surface area contributed by atoms with Gasteiger partial charge < -0.3 is 10.3 Å². The van der Waals surface area contributed by atoms with E-state index in [4.69, 9.17) is 0 Å². The van der Waals surface area contributed by atoms with E-state index in [1.807, 2.05) is 6.20 Å². The minimum atomic E-state index is 0.847. The topological polar surface area (TPSA) is 53.1 Å². The first-order valence-electron chi connectivity index (χ1n) is 3.69. The number of aliphatic imine (C=N–C) groups is 1. The van der Waals surface area contributed by atoms with E-state index in [9.17, 15) is 0 Å². The molecule has 4 heteroatoms. The molecular formula is C7H10N4. The number of rotatable bonds is 2. The molecule has 0 saturated carbocycles. The Kier molecular flexibility index (Phi) is 1.59. The van der Waals surface area contributed by atoms with Gasteiger partial charge in [0, 0.05) is 24.9 Å². The lowest BCUT2D eigenvalue weighted by atomic mass is 10.3. The molecule has 0 amide bonds. The Morgan fingerprint density at radius 1 is 1.55 bits per heavy atom. The van der Waals surface area contributed by atoms with Gasteiger partial charge in [0.2, 0.25) is 0 Å². The van der Waals surface area contributed by atoms with E-state index in [2.05, 4.69) is 20.3 Å². The number of imidazole rings is 1. The first-order valence-corrected chi connectivity index (χ1v) is 3.69. The molecule has 0 spiro atoms. The minimum absolute atomic E-state index is 0.847. The molecular weight excluding hydrogens is 140 g/mol. The van der Waals surface area contributed by atoms with E-state index in [0.29, 0.717) is 0 Å². The van der Waals surface area contributed by atoms with E-state index >= 15 is 0 Å². The van der Waals surface area contributed by atoms with Gasteiger partial charge >= 0.3 is 0 Å². The van der Waals surface area contributed by atoms with Crippen molar-refractivity contribution < 1.29 is 0 Å². The van der Waals surface area contributed by atoms with Gasteiger partial charge in [-0.15, -0.1) is 0 Å². The smallest absolute Gasteiger partial charge is 0.102 e. The number of hydrogen-bond acceptors (Lipinski definition) is 3. The highest BCUT2D eigenvalue weighted by Crippen LogP contribution is 1.96. The van der Waals surface area contributed by atoms with E-state index in [1.165, 1.54) is 0 Å². The summed E-state index contributed by atoms with van der Waals surface area (Å²) in [5, 5.41) is 3.20. The number of H-pyrrole nitrogens is 1. The van der Waals surface area contributed by atoms with Crippen LogP contribution in [0, 0.1) is 0 Å². The SMILES string of the molecule is c1ncc(CC2=NCCN2)[nH]1. The van der Waals surface area contributed by atoms with Crippen LogP contribution in [0.25, 0.3) is 0 Å². The second kappa shape index (κ2) is 2.74. The maximum atomic E-state index is 4.27. The molecule has 1 aliphatic heterocycles. The zero-order valence-corrected chi connectivity index (χ0v) is 6.17. The highest BCUT2D eigenvalue weighted by atomic mass is 15.1. The average molecular weight is 150 g/mol. The Bertz CT molecular complexity index is 249. The fourth-order valence-corrected chi connectivity index (χ4v) is 1.13. The molecule has 0 atom stereocenters. The molecule has 0 bridgehead atoms. The number of aromatic nitrogens is 2. The van der Waals surface area contributed by atoms with Gasteiger partial charge in [-0.3, -0.25) is 4.99 Å². The van der Waals surface area contributed by atoms with Crippen molar-refractivity contribution in [2.75, 3.05) is 13.1 Å².